The van der Waals surface area contributed by atoms with Gasteiger partial charge >= 0.3 is 0 Å². The standard InChI is InChI=1S/C16H22N4OS/c1-11-5-7-14(8-6-11)12(2)17-16(21)10-20(4)9-15-13(3)18-19-22-15/h5-8,12H,9-10H2,1-4H3,(H,17,21)/t12-/m1/s1. The summed E-state index contributed by atoms with van der Waals surface area (Å²) in [7, 11) is 1.93. The highest BCUT2D eigenvalue weighted by atomic mass is 32.1. The molecule has 22 heavy (non-hydrogen) atoms. The third kappa shape index (κ3) is 4.61. The summed E-state index contributed by atoms with van der Waals surface area (Å²) >= 11 is 1.38. The van der Waals surface area contributed by atoms with Gasteiger partial charge in [0, 0.05) is 6.54 Å². The van der Waals surface area contributed by atoms with Gasteiger partial charge in [-0.25, -0.2) is 0 Å². The zero-order valence-corrected chi connectivity index (χ0v) is 14.3. The van der Waals surface area contributed by atoms with Crippen LogP contribution in [-0.4, -0.2) is 34.0 Å². The Balaban J connectivity index is 1.84. The third-order valence-electron chi connectivity index (χ3n) is 3.53. The number of carbonyl (C=O) groups is 1. The van der Waals surface area contributed by atoms with Crippen molar-refractivity contribution in [3.05, 3.63) is 46.0 Å². The summed E-state index contributed by atoms with van der Waals surface area (Å²) < 4.78 is 3.91. The lowest BCUT2D eigenvalue weighted by atomic mass is 10.1. The van der Waals surface area contributed by atoms with Crippen LogP contribution in [0.25, 0.3) is 0 Å². The number of benzene rings is 1. The van der Waals surface area contributed by atoms with Crippen LogP contribution in [0.2, 0.25) is 0 Å². The third-order valence-corrected chi connectivity index (χ3v) is 4.34. The molecule has 0 aliphatic rings. The second-order valence-electron chi connectivity index (χ2n) is 5.65. The molecular formula is C16H22N4OS. The maximum Gasteiger partial charge on any atom is 0.234 e. The summed E-state index contributed by atoms with van der Waals surface area (Å²) in [6.45, 7) is 7.04. The minimum Gasteiger partial charge on any atom is -0.348 e. The van der Waals surface area contributed by atoms with Gasteiger partial charge in [0.1, 0.15) is 0 Å². The molecule has 1 heterocycles. The van der Waals surface area contributed by atoms with Gasteiger partial charge in [0.05, 0.1) is 23.2 Å². The van der Waals surface area contributed by atoms with Crippen LogP contribution in [0.4, 0.5) is 0 Å². The smallest absolute Gasteiger partial charge is 0.234 e. The predicted octanol–water partition coefficient (Wildman–Crippen LogP) is 2.46. The zero-order valence-electron chi connectivity index (χ0n) is 13.5. The molecule has 6 heteroatoms. The van der Waals surface area contributed by atoms with E-state index >= 15 is 0 Å². The highest BCUT2D eigenvalue weighted by Crippen LogP contribution is 2.14. The molecule has 0 saturated carbocycles. The summed E-state index contributed by atoms with van der Waals surface area (Å²) in [5.74, 6) is 0.0192. The van der Waals surface area contributed by atoms with Crippen molar-refractivity contribution in [1.29, 1.82) is 0 Å². The summed E-state index contributed by atoms with van der Waals surface area (Å²) in [6, 6.07) is 8.23. The van der Waals surface area contributed by atoms with E-state index in [1.54, 1.807) is 0 Å². The number of hydrogen-bond donors (Lipinski definition) is 1. The van der Waals surface area contributed by atoms with Gasteiger partial charge in [-0.3, -0.25) is 9.69 Å². The number of likely N-dealkylation sites (N-methyl/N-ethyl adjacent to an activating group) is 1. The van der Waals surface area contributed by atoms with Gasteiger partial charge in [-0.2, -0.15) is 0 Å². The van der Waals surface area contributed by atoms with Crippen LogP contribution in [0.15, 0.2) is 24.3 Å². The molecule has 0 spiro atoms. The van der Waals surface area contributed by atoms with Gasteiger partial charge in [0.25, 0.3) is 0 Å². The first-order valence-corrected chi connectivity index (χ1v) is 8.05. The van der Waals surface area contributed by atoms with Gasteiger partial charge in [-0.15, -0.1) is 5.10 Å². The lowest BCUT2D eigenvalue weighted by Crippen LogP contribution is -2.36. The number of hydrogen-bond acceptors (Lipinski definition) is 5. The fourth-order valence-electron chi connectivity index (χ4n) is 2.17. The van der Waals surface area contributed by atoms with E-state index in [2.05, 4.69) is 46.1 Å². The molecule has 1 atom stereocenters. The highest BCUT2D eigenvalue weighted by molar-refractivity contribution is 7.05. The molecule has 0 aliphatic heterocycles. The van der Waals surface area contributed by atoms with Crippen molar-refractivity contribution in [2.24, 2.45) is 0 Å². The molecule has 5 nitrogen and oxygen atoms in total. The van der Waals surface area contributed by atoms with E-state index in [-0.39, 0.29) is 11.9 Å². The number of amides is 1. The molecule has 0 aliphatic carbocycles. The zero-order chi connectivity index (χ0) is 16.1. The van der Waals surface area contributed by atoms with Crippen molar-refractivity contribution in [3.8, 4) is 0 Å². The van der Waals surface area contributed by atoms with Crippen LogP contribution in [0.5, 0.6) is 0 Å². The van der Waals surface area contributed by atoms with Crippen molar-refractivity contribution < 1.29 is 4.79 Å². The number of carbonyl (C=O) groups excluding carboxylic acids is 1. The lowest BCUT2D eigenvalue weighted by molar-refractivity contribution is -0.122. The van der Waals surface area contributed by atoms with Crippen LogP contribution < -0.4 is 5.32 Å². The van der Waals surface area contributed by atoms with Gasteiger partial charge in [-0.05, 0) is 44.9 Å². The highest BCUT2D eigenvalue weighted by Gasteiger charge is 2.13. The molecule has 1 N–H and O–H groups in total. The first-order chi connectivity index (χ1) is 10.5. The van der Waals surface area contributed by atoms with E-state index in [9.17, 15) is 4.79 Å². The van der Waals surface area contributed by atoms with E-state index in [1.807, 2.05) is 25.8 Å². The van der Waals surface area contributed by atoms with Crippen LogP contribution in [-0.2, 0) is 11.3 Å². The molecule has 0 saturated heterocycles. The topological polar surface area (TPSA) is 58.1 Å². The molecule has 0 fully saturated rings. The van der Waals surface area contributed by atoms with Gasteiger partial charge in [0.2, 0.25) is 5.91 Å². The minimum atomic E-state index is 0.00769. The lowest BCUT2D eigenvalue weighted by Gasteiger charge is -2.19. The van der Waals surface area contributed by atoms with Crippen molar-refractivity contribution in [2.75, 3.05) is 13.6 Å². The Morgan fingerprint density at radius 2 is 2.00 bits per heavy atom. The summed E-state index contributed by atoms with van der Waals surface area (Å²) in [4.78, 5) is 15.2. The first-order valence-electron chi connectivity index (χ1n) is 7.28. The Bertz CT molecular complexity index is 623. The Morgan fingerprint density at radius 1 is 1.32 bits per heavy atom. The maximum atomic E-state index is 12.1. The van der Waals surface area contributed by atoms with Gasteiger partial charge in [-0.1, -0.05) is 34.3 Å². The normalized spacial score (nSPS) is 12.4. The van der Waals surface area contributed by atoms with Crippen molar-refractivity contribution in [2.45, 2.75) is 33.4 Å². The largest absolute Gasteiger partial charge is 0.348 e. The summed E-state index contributed by atoms with van der Waals surface area (Å²) in [5, 5.41) is 7.02. The van der Waals surface area contributed by atoms with Gasteiger partial charge in [0.15, 0.2) is 0 Å². The van der Waals surface area contributed by atoms with Crippen LogP contribution in [0, 0.1) is 13.8 Å². The molecule has 2 aromatic rings. The second kappa shape index (κ2) is 7.47. The number of aromatic nitrogens is 2. The number of rotatable bonds is 6. The van der Waals surface area contributed by atoms with Crippen LogP contribution >= 0.6 is 11.5 Å². The van der Waals surface area contributed by atoms with E-state index in [0.29, 0.717) is 13.1 Å². The molecule has 118 valence electrons. The molecule has 1 aromatic carbocycles. The van der Waals surface area contributed by atoms with Crippen LogP contribution in [0.1, 0.15) is 34.7 Å². The molecule has 1 aromatic heterocycles. The van der Waals surface area contributed by atoms with E-state index in [0.717, 1.165) is 16.1 Å². The second-order valence-corrected chi connectivity index (χ2v) is 6.49. The molecule has 0 unspecified atom stereocenters. The maximum absolute atomic E-state index is 12.1. The Labute approximate surface area is 135 Å². The van der Waals surface area contributed by atoms with Crippen LogP contribution in [0.3, 0.4) is 0 Å². The number of aryl methyl sites for hydroxylation is 2. The molecule has 0 bridgehead atoms. The van der Waals surface area contributed by atoms with E-state index < -0.39 is 0 Å². The summed E-state index contributed by atoms with van der Waals surface area (Å²) in [6.07, 6.45) is 0. The average molecular weight is 318 g/mol. The predicted molar refractivity (Wildman–Crippen MR) is 88.7 cm³/mol. The van der Waals surface area contributed by atoms with Crippen molar-refractivity contribution >= 4 is 17.4 Å². The Kier molecular flexibility index (Phi) is 5.63. The van der Waals surface area contributed by atoms with E-state index in [4.69, 9.17) is 0 Å². The Hall–Kier alpha value is -1.79. The van der Waals surface area contributed by atoms with E-state index in [1.165, 1.54) is 17.1 Å². The molecule has 2 rings (SSSR count). The fourth-order valence-corrected chi connectivity index (χ4v) is 2.88. The van der Waals surface area contributed by atoms with Crippen molar-refractivity contribution in [1.82, 2.24) is 19.8 Å². The molecule has 0 radical (unpaired) electrons. The number of nitrogens with one attached hydrogen (secondary N) is 1. The quantitative estimate of drug-likeness (QED) is 0.889. The summed E-state index contributed by atoms with van der Waals surface area (Å²) in [5.41, 5.74) is 3.27. The average Bonchev–Trinajstić information content (AvgIpc) is 2.84. The monoisotopic (exact) mass is 318 g/mol. The fraction of sp³-hybridized carbons (Fsp3) is 0.438. The Morgan fingerprint density at radius 3 is 2.59 bits per heavy atom. The molecular weight excluding hydrogens is 296 g/mol. The first kappa shape index (κ1) is 16.6. The number of nitrogens with zero attached hydrogens (tertiary/aromatic N) is 3. The van der Waals surface area contributed by atoms with Crippen molar-refractivity contribution in [3.63, 3.8) is 0 Å². The minimum absolute atomic E-state index is 0.00769. The molecule has 1 amide bonds. The van der Waals surface area contributed by atoms with Gasteiger partial charge < -0.3 is 5.32 Å². The SMILES string of the molecule is Cc1ccc([C@@H](C)NC(=O)CN(C)Cc2snnc2C)cc1.